The van der Waals surface area contributed by atoms with Crippen molar-refractivity contribution in [2.24, 2.45) is 11.7 Å². The molecule has 3 atom stereocenters. The molecule has 0 bridgehead atoms. The molecule has 0 spiro atoms. The summed E-state index contributed by atoms with van der Waals surface area (Å²) in [5.41, 5.74) is 5.67. The van der Waals surface area contributed by atoms with Gasteiger partial charge < -0.3 is 5.73 Å². The SMILES string of the molecule is CC1CC(CN)CN1C1CCS(=O)(=O)C1. The number of rotatable bonds is 2. The molecule has 2 heterocycles. The van der Waals surface area contributed by atoms with Crippen LogP contribution in [0.5, 0.6) is 0 Å². The van der Waals surface area contributed by atoms with Crippen molar-refractivity contribution in [2.45, 2.75) is 31.8 Å². The smallest absolute Gasteiger partial charge is 0.151 e. The van der Waals surface area contributed by atoms with E-state index in [0.29, 0.717) is 23.5 Å². The van der Waals surface area contributed by atoms with E-state index < -0.39 is 9.84 Å². The first kappa shape index (κ1) is 11.4. The van der Waals surface area contributed by atoms with Gasteiger partial charge >= 0.3 is 0 Å². The minimum atomic E-state index is -2.75. The van der Waals surface area contributed by atoms with E-state index in [-0.39, 0.29) is 6.04 Å². The van der Waals surface area contributed by atoms with E-state index in [4.69, 9.17) is 5.73 Å². The van der Waals surface area contributed by atoms with Crippen molar-refractivity contribution in [1.29, 1.82) is 0 Å². The van der Waals surface area contributed by atoms with Crippen LogP contribution in [0.1, 0.15) is 19.8 Å². The molecule has 3 unspecified atom stereocenters. The first-order valence-electron chi connectivity index (χ1n) is 5.68. The molecule has 0 radical (unpaired) electrons. The summed E-state index contributed by atoms with van der Waals surface area (Å²) in [4.78, 5) is 2.35. The molecule has 2 N–H and O–H groups in total. The Labute approximate surface area is 91.7 Å². The van der Waals surface area contributed by atoms with Crippen molar-refractivity contribution in [3.05, 3.63) is 0 Å². The highest BCUT2D eigenvalue weighted by molar-refractivity contribution is 7.91. The monoisotopic (exact) mass is 232 g/mol. The molecule has 88 valence electrons. The molecule has 15 heavy (non-hydrogen) atoms. The topological polar surface area (TPSA) is 63.4 Å². The number of likely N-dealkylation sites (tertiary alicyclic amines) is 1. The quantitative estimate of drug-likeness (QED) is 0.719. The minimum Gasteiger partial charge on any atom is -0.330 e. The zero-order chi connectivity index (χ0) is 11.1. The van der Waals surface area contributed by atoms with Gasteiger partial charge in [0.2, 0.25) is 0 Å². The highest BCUT2D eigenvalue weighted by Crippen LogP contribution is 2.28. The molecule has 2 aliphatic rings. The molecule has 2 rings (SSSR count). The Kier molecular flexibility index (Phi) is 3.05. The molecular formula is C10H20N2O2S. The molecule has 2 saturated heterocycles. The highest BCUT2D eigenvalue weighted by Gasteiger charge is 2.38. The average Bonchev–Trinajstić information content (AvgIpc) is 2.69. The second-order valence-electron chi connectivity index (χ2n) is 4.94. The van der Waals surface area contributed by atoms with E-state index in [1.54, 1.807) is 0 Å². The molecule has 0 amide bonds. The summed E-state index contributed by atoms with van der Waals surface area (Å²) >= 11 is 0. The van der Waals surface area contributed by atoms with E-state index in [2.05, 4.69) is 11.8 Å². The van der Waals surface area contributed by atoms with Crippen LogP contribution in [0.3, 0.4) is 0 Å². The number of hydrogen-bond donors (Lipinski definition) is 1. The van der Waals surface area contributed by atoms with Crippen LogP contribution < -0.4 is 5.73 Å². The van der Waals surface area contributed by atoms with Gasteiger partial charge in [-0.3, -0.25) is 4.90 Å². The molecule has 2 aliphatic heterocycles. The number of sulfone groups is 1. The van der Waals surface area contributed by atoms with Gasteiger partial charge in [0.05, 0.1) is 11.5 Å². The predicted octanol–water partition coefficient (Wildman–Crippen LogP) is -0.157. The van der Waals surface area contributed by atoms with Crippen molar-refractivity contribution in [3.63, 3.8) is 0 Å². The van der Waals surface area contributed by atoms with Gasteiger partial charge in [0.15, 0.2) is 9.84 Å². The average molecular weight is 232 g/mol. The first-order valence-corrected chi connectivity index (χ1v) is 7.50. The third-order valence-electron chi connectivity index (χ3n) is 3.72. The Balaban J connectivity index is 2.01. The zero-order valence-electron chi connectivity index (χ0n) is 9.22. The van der Waals surface area contributed by atoms with Crippen LogP contribution in [0.15, 0.2) is 0 Å². The predicted molar refractivity (Wildman–Crippen MR) is 60.4 cm³/mol. The summed E-state index contributed by atoms with van der Waals surface area (Å²) in [5.74, 6) is 1.28. The standard InChI is InChI=1S/C10H20N2O2S/c1-8-4-9(5-11)6-12(8)10-2-3-15(13,14)7-10/h8-10H,2-7,11H2,1H3. The van der Waals surface area contributed by atoms with Gasteiger partial charge in [0, 0.05) is 18.6 Å². The third-order valence-corrected chi connectivity index (χ3v) is 5.47. The summed E-state index contributed by atoms with van der Waals surface area (Å²) in [6.07, 6.45) is 1.93. The highest BCUT2D eigenvalue weighted by atomic mass is 32.2. The van der Waals surface area contributed by atoms with E-state index >= 15 is 0 Å². The van der Waals surface area contributed by atoms with Crippen LogP contribution in [-0.2, 0) is 9.84 Å². The van der Waals surface area contributed by atoms with Crippen molar-refractivity contribution < 1.29 is 8.42 Å². The molecule has 5 heteroatoms. The Morgan fingerprint density at radius 3 is 2.67 bits per heavy atom. The fourth-order valence-corrected chi connectivity index (χ4v) is 4.63. The van der Waals surface area contributed by atoms with E-state index in [9.17, 15) is 8.42 Å². The van der Waals surface area contributed by atoms with Gasteiger partial charge in [-0.05, 0) is 32.2 Å². The largest absolute Gasteiger partial charge is 0.330 e. The van der Waals surface area contributed by atoms with Crippen LogP contribution in [0.4, 0.5) is 0 Å². The van der Waals surface area contributed by atoms with Gasteiger partial charge in [-0.25, -0.2) is 8.42 Å². The summed E-state index contributed by atoms with van der Waals surface area (Å²) in [6.45, 7) is 3.89. The molecule has 0 saturated carbocycles. The number of nitrogens with zero attached hydrogens (tertiary/aromatic N) is 1. The second kappa shape index (κ2) is 4.03. The van der Waals surface area contributed by atoms with Gasteiger partial charge in [-0.1, -0.05) is 0 Å². The van der Waals surface area contributed by atoms with Crippen molar-refractivity contribution >= 4 is 9.84 Å². The maximum absolute atomic E-state index is 11.4. The Bertz CT molecular complexity index is 328. The third kappa shape index (κ3) is 2.34. The Hall–Kier alpha value is -0.130. The minimum absolute atomic E-state index is 0.251. The maximum atomic E-state index is 11.4. The van der Waals surface area contributed by atoms with Crippen molar-refractivity contribution in [1.82, 2.24) is 4.90 Å². The van der Waals surface area contributed by atoms with Gasteiger partial charge in [0.25, 0.3) is 0 Å². The van der Waals surface area contributed by atoms with Gasteiger partial charge in [-0.15, -0.1) is 0 Å². The number of hydrogen-bond acceptors (Lipinski definition) is 4. The molecule has 0 aromatic rings. The summed E-state index contributed by atoms with van der Waals surface area (Å²) < 4.78 is 22.8. The molecule has 0 aromatic heterocycles. The lowest BCUT2D eigenvalue weighted by molar-refractivity contribution is 0.203. The maximum Gasteiger partial charge on any atom is 0.151 e. The summed E-state index contributed by atoms with van der Waals surface area (Å²) in [7, 11) is -2.75. The summed E-state index contributed by atoms with van der Waals surface area (Å²) in [6, 6.07) is 0.749. The van der Waals surface area contributed by atoms with E-state index in [0.717, 1.165) is 25.9 Å². The fourth-order valence-electron chi connectivity index (χ4n) is 2.89. The Morgan fingerprint density at radius 1 is 1.47 bits per heavy atom. The lowest BCUT2D eigenvalue weighted by Crippen LogP contribution is -2.39. The van der Waals surface area contributed by atoms with Crippen LogP contribution in [0.2, 0.25) is 0 Å². The number of nitrogens with two attached hydrogens (primary N) is 1. The van der Waals surface area contributed by atoms with E-state index in [1.165, 1.54) is 0 Å². The van der Waals surface area contributed by atoms with Crippen LogP contribution in [0, 0.1) is 5.92 Å². The van der Waals surface area contributed by atoms with E-state index in [1.807, 2.05) is 0 Å². The molecular weight excluding hydrogens is 212 g/mol. The van der Waals surface area contributed by atoms with Crippen molar-refractivity contribution in [2.75, 3.05) is 24.6 Å². The van der Waals surface area contributed by atoms with Crippen molar-refractivity contribution in [3.8, 4) is 0 Å². The Morgan fingerprint density at radius 2 is 2.20 bits per heavy atom. The van der Waals surface area contributed by atoms with Gasteiger partial charge in [0.1, 0.15) is 0 Å². The lowest BCUT2D eigenvalue weighted by Gasteiger charge is -2.27. The molecule has 0 aromatic carbocycles. The molecule has 4 nitrogen and oxygen atoms in total. The zero-order valence-corrected chi connectivity index (χ0v) is 10.0. The molecule has 2 fully saturated rings. The van der Waals surface area contributed by atoms with Gasteiger partial charge in [-0.2, -0.15) is 0 Å². The second-order valence-corrected chi connectivity index (χ2v) is 7.17. The van der Waals surface area contributed by atoms with Crippen LogP contribution in [0.25, 0.3) is 0 Å². The molecule has 0 aliphatic carbocycles. The van der Waals surface area contributed by atoms with Crippen LogP contribution in [-0.4, -0.2) is 50.0 Å². The lowest BCUT2D eigenvalue weighted by atomic mass is 10.1. The fraction of sp³-hybridized carbons (Fsp3) is 1.00. The normalized spacial score (nSPS) is 41.1. The first-order chi connectivity index (χ1) is 7.02. The van der Waals surface area contributed by atoms with Crippen LogP contribution >= 0.6 is 0 Å². The summed E-state index contributed by atoms with van der Waals surface area (Å²) in [5, 5.41) is 0.